The van der Waals surface area contributed by atoms with Crippen molar-refractivity contribution in [2.24, 2.45) is 22.7 Å². The van der Waals surface area contributed by atoms with E-state index in [-0.39, 0.29) is 12.1 Å². The van der Waals surface area contributed by atoms with Gasteiger partial charge in [0.1, 0.15) is 18.1 Å². The number of unbranched alkanes of at least 4 members (excludes halogenated alkanes) is 1. The second-order valence-electron chi connectivity index (χ2n) is 13.4. The van der Waals surface area contributed by atoms with Gasteiger partial charge in [0.25, 0.3) is 0 Å². The number of Topliss-reactive ketones (excluding diaryl/α,β-unsaturated/α-hetero) is 1. The standard InChI is InChI=1S/C31H54N6O9/c1-9-22-31(7)25(37(29(41)46-31)15-11-10-13-35-36-33)20(5)34-14-12-30(6,42-8)26(18(3)23(38)19(4)27(40)44-22)45-28-24(39)21(32)16-17(2)43-28/h17-22,24-26,28,34,39H,9-16,32H2,1-8H3/t17?,18-,19+,20+,21?,22+,24?,25+,26+,28-,30+,31+/m0/s1. The second-order valence-corrected chi connectivity index (χ2v) is 13.4. The fraction of sp³-hybridized carbons (Fsp3) is 0.903. The summed E-state index contributed by atoms with van der Waals surface area (Å²) in [5.74, 6) is -3.22. The maximum absolute atomic E-state index is 13.9. The van der Waals surface area contributed by atoms with E-state index < -0.39 is 77.6 Å². The molecule has 46 heavy (non-hydrogen) atoms. The number of methoxy groups -OCH3 is 1. The van der Waals surface area contributed by atoms with E-state index in [9.17, 15) is 19.5 Å². The van der Waals surface area contributed by atoms with E-state index >= 15 is 0 Å². The summed E-state index contributed by atoms with van der Waals surface area (Å²) < 4.78 is 30.4. The molecule has 15 heteroatoms. The zero-order valence-electron chi connectivity index (χ0n) is 28.5. The number of carbonyl (C=O) groups is 3. The molecule has 0 saturated carbocycles. The quantitative estimate of drug-likeness (QED) is 0.0822. The van der Waals surface area contributed by atoms with E-state index in [0.29, 0.717) is 51.7 Å². The summed E-state index contributed by atoms with van der Waals surface area (Å²) in [7, 11) is 1.52. The van der Waals surface area contributed by atoms with E-state index in [2.05, 4.69) is 15.3 Å². The molecule has 3 fully saturated rings. The second kappa shape index (κ2) is 16.1. The normalized spacial score (nSPS) is 41.2. The van der Waals surface area contributed by atoms with Gasteiger partial charge < -0.3 is 39.8 Å². The molecular weight excluding hydrogens is 600 g/mol. The van der Waals surface area contributed by atoms with Crippen LogP contribution in [0.25, 0.3) is 10.4 Å². The van der Waals surface area contributed by atoms with Crippen LogP contribution in [0.15, 0.2) is 5.11 Å². The van der Waals surface area contributed by atoms with Crippen molar-refractivity contribution in [2.45, 2.75) is 141 Å². The van der Waals surface area contributed by atoms with Crippen LogP contribution in [-0.2, 0) is 33.3 Å². The topological polar surface area (TPSA) is 208 Å². The number of esters is 1. The van der Waals surface area contributed by atoms with Crippen molar-refractivity contribution >= 4 is 17.8 Å². The van der Waals surface area contributed by atoms with Gasteiger partial charge in [-0.1, -0.05) is 19.0 Å². The van der Waals surface area contributed by atoms with Gasteiger partial charge in [-0.15, -0.1) is 0 Å². The van der Waals surface area contributed by atoms with Crippen LogP contribution >= 0.6 is 0 Å². The highest BCUT2D eigenvalue weighted by Crippen LogP contribution is 2.39. The molecule has 3 unspecified atom stereocenters. The van der Waals surface area contributed by atoms with Gasteiger partial charge in [-0.05, 0) is 78.8 Å². The first-order valence-corrected chi connectivity index (χ1v) is 16.4. The lowest BCUT2D eigenvalue weighted by Gasteiger charge is -2.45. The van der Waals surface area contributed by atoms with E-state index in [4.69, 9.17) is 34.9 Å². The molecule has 0 aliphatic carbocycles. The Hall–Kier alpha value is -2.52. The zero-order valence-corrected chi connectivity index (χ0v) is 28.5. The van der Waals surface area contributed by atoms with Gasteiger partial charge in [0.2, 0.25) is 0 Å². The maximum Gasteiger partial charge on any atom is 0.410 e. The lowest BCUT2D eigenvalue weighted by molar-refractivity contribution is -0.287. The molecule has 3 aliphatic heterocycles. The summed E-state index contributed by atoms with van der Waals surface area (Å²) in [4.78, 5) is 45.3. The number of ketones is 1. The average Bonchev–Trinajstić information content (AvgIpc) is 3.28. The Morgan fingerprint density at radius 1 is 1.20 bits per heavy atom. The van der Waals surface area contributed by atoms with Crippen LogP contribution in [0.1, 0.15) is 80.6 Å². The summed E-state index contributed by atoms with van der Waals surface area (Å²) in [6.45, 7) is 13.4. The highest BCUT2D eigenvalue weighted by molar-refractivity contribution is 6.00. The molecule has 3 heterocycles. The number of amides is 1. The number of nitrogens with one attached hydrogen (secondary N) is 1. The SMILES string of the molecule is CC[C@H]1OC(=O)[C@H](C)C(=O)[C@H](C)[C@@H](O[C@@H]2OC(C)CC(N)C2O)[C@](C)(OC)CCN[C@H](C)[C@H]2N(CCCCN=[N+]=[N-])C(=O)O[C@]12C. The Kier molecular flexibility index (Phi) is 13.2. The van der Waals surface area contributed by atoms with Crippen molar-refractivity contribution in [3.05, 3.63) is 10.4 Å². The van der Waals surface area contributed by atoms with Crippen LogP contribution in [0.2, 0.25) is 0 Å². The summed E-state index contributed by atoms with van der Waals surface area (Å²) in [5, 5.41) is 17.9. The molecule has 0 aromatic heterocycles. The largest absolute Gasteiger partial charge is 0.458 e. The van der Waals surface area contributed by atoms with Gasteiger partial charge in [0.15, 0.2) is 17.7 Å². The summed E-state index contributed by atoms with van der Waals surface area (Å²) >= 11 is 0. The molecule has 262 valence electrons. The first-order chi connectivity index (χ1) is 21.6. The number of nitrogens with zero attached hydrogens (tertiary/aromatic N) is 4. The third-order valence-electron chi connectivity index (χ3n) is 9.99. The predicted octanol–water partition coefficient (Wildman–Crippen LogP) is 2.81. The van der Waals surface area contributed by atoms with Crippen LogP contribution in [0.5, 0.6) is 0 Å². The average molecular weight is 655 g/mol. The van der Waals surface area contributed by atoms with Gasteiger partial charge in [0.05, 0.1) is 23.9 Å². The minimum Gasteiger partial charge on any atom is -0.458 e. The number of hydrogen-bond acceptors (Lipinski definition) is 12. The Morgan fingerprint density at radius 2 is 1.89 bits per heavy atom. The van der Waals surface area contributed by atoms with Crippen molar-refractivity contribution < 1.29 is 43.2 Å². The number of cyclic esters (lactones) is 1. The van der Waals surface area contributed by atoms with E-state index in [1.807, 2.05) is 27.7 Å². The van der Waals surface area contributed by atoms with E-state index in [1.54, 1.807) is 18.7 Å². The molecule has 3 rings (SSSR count). The third-order valence-corrected chi connectivity index (χ3v) is 9.99. The molecule has 4 N–H and O–H groups in total. The van der Waals surface area contributed by atoms with Crippen LogP contribution in [0, 0.1) is 11.8 Å². The lowest BCUT2D eigenvalue weighted by Crippen LogP contribution is -2.62. The fourth-order valence-electron chi connectivity index (χ4n) is 7.16. The monoisotopic (exact) mass is 654 g/mol. The smallest absolute Gasteiger partial charge is 0.410 e. The van der Waals surface area contributed by atoms with Crippen molar-refractivity contribution in [1.29, 1.82) is 0 Å². The van der Waals surface area contributed by atoms with Crippen molar-refractivity contribution in [2.75, 3.05) is 26.7 Å². The van der Waals surface area contributed by atoms with Crippen LogP contribution in [0.4, 0.5) is 4.79 Å². The van der Waals surface area contributed by atoms with E-state index in [0.717, 1.165) is 0 Å². The minimum absolute atomic E-state index is 0.281. The molecule has 12 atom stereocenters. The third kappa shape index (κ3) is 8.12. The number of carbonyl (C=O) groups excluding carboxylic acids is 3. The minimum atomic E-state index is -1.22. The molecule has 0 bridgehead atoms. The molecule has 3 aliphatic rings. The van der Waals surface area contributed by atoms with Crippen molar-refractivity contribution in [3.63, 3.8) is 0 Å². The Morgan fingerprint density at radius 3 is 2.52 bits per heavy atom. The highest BCUT2D eigenvalue weighted by atomic mass is 16.7. The maximum atomic E-state index is 13.9. The summed E-state index contributed by atoms with van der Waals surface area (Å²) in [6.07, 6.45) is -2.53. The first-order valence-electron chi connectivity index (χ1n) is 16.4. The van der Waals surface area contributed by atoms with Crippen molar-refractivity contribution in [1.82, 2.24) is 10.2 Å². The molecule has 0 spiro atoms. The van der Waals surface area contributed by atoms with Crippen LogP contribution in [0.3, 0.4) is 0 Å². The molecular formula is C31H54N6O9. The molecule has 0 aromatic rings. The lowest BCUT2D eigenvalue weighted by atomic mass is 9.80. The Bertz CT molecular complexity index is 1120. The van der Waals surface area contributed by atoms with Crippen LogP contribution in [-0.4, -0.2) is 115 Å². The van der Waals surface area contributed by atoms with Gasteiger partial charge in [-0.3, -0.25) is 14.5 Å². The zero-order chi connectivity index (χ0) is 34.4. The Balaban J connectivity index is 1.99. The number of rotatable bonds is 9. The van der Waals surface area contributed by atoms with Gasteiger partial charge in [-0.2, -0.15) is 0 Å². The molecule has 15 nitrogen and oxygen atoms in total. The number of aliphatic hydroxyl groups is 1. The summed E-state index contributed by atoms with van der Waals surface area (Å²) in [5.41, 5.74) is 12.5. The molecule has 0 radical (unpaired) electrons. The van der Waals surface area contributed by atoms with Gasteiger partial charge in [0, 0.05) is 43.1 Å². The highest BCUT2D eigenvalue weighted by Gasteiger charge is 2.58. The number of nitrogens with two attached hydrogens (primary N) is 1. The number of ether oxygens (including phenoxy) is 5. The Labute approximate surface area is 271 Å². The molecule has 3 saturated heterocycles. The van der Waals surface area contributed by atoms with Crippen LogP contribution < -0.4 is 11.1 Å². The van der Waals surface area contributed by atoms with Gasteiger partial charge in [-0.25, -0.2) is 4.79 Å². The summed E-state index contributed by atoms with van der Waals surface area (Å²) in [6, 6.07) is -1.45. The molecule has 1 amide bonds. The molecule has 0 aromatic carbocycles. The number of azide groups is 1. The number of aliphatic hydroxyl groups excluding tert-OH is 1. The first kappa shape index (κ1) is 37.9. The van der Waals surface area contributed by atoms with Gasteiger partial charge >= 0.3 is 12.1 Å². The number of hydrogen-bond donors (Lipinski definition) is 3. The van der Waals surface area contributed by atoms with E-state index in [1.165, 1.54) is 14.0 Å². The number of fused-ring (bicyclic) bond motifs is 1. The fourth-order valence-corrected chi connectivity index (χ4v) is 7.16. The van der Waals surface area contributed by atoms with Crippen molar-refractivity contribution in [3.8, 4) is 0 Å². The predicted molar refractivity (Wildman–Crippen MR) is 167 cm³/mol.